The zero-order valence-electron chi connectivity index (χ0n) is 25.3. The van der Waals surface area contributed by atoms with E-state index in [4.69, 9.17) is 19.9 Å². The Labute approximate surface area is 252 Å². The van der Waals surface area contributed by atoms with Crippen LogP contribution >= 0.6 is 0 Å². The number of ketones is 2. The number of fused-ring (bicyclic) bond motifs is 2. The van der Waals surface area contributed by atoms with Crippen LogP contribution in [0.5, 0.6) is 0 Å². The van der Waals surface area contributed by atoms with Crippen molar-refractivity contribution in [3.8, 4) is 0 Å². The fraction of sp³-hybridized carbons (Fsp3) is 0.484. The number of hydrogen-bond acceptors (Lipinski definition) is 10. The van der Waals surface area contributed by atoms with Gasteiger partial charge in [0, 0.05) is 43.9 Å². The highest BCUT2D eigenvalue weighted by Crippen LogP contribution is 2.28. The summed E-state index contributed by atoms with van der Waals surface area (Å²) in [5, 5.41) is 26.9. The van der Waals surface area contributed by atoms with E-state index in [2.05, 4.69) is 17.2 Å². The predicted molar refractivity (Wildman–Crippen MR) is 159 cm³/mol. The summed E-state index contributed by atoms with van der Waals surface area (Å²) in [7, 11) is 2.81. The normalized spacial score (nSPS) is 31.1. The van der Waals surface area contributed by atoms with Crippen molar-refractivity contribution in [1.29, 1.82) is 0 Å². The Morgan fingerprint density at radius 2 is 1.93 bits per heavy atom. The number of carbonyl (C=O) groups excluding carboxylic acids is 4. The molecule has 12 nitrogen and oxygen atoms in total. The van der Waals surface area contributed by atoms with Crippen molar-refractivity contribution < 1.29 is 43.6 Å². The van der Waals surface area contributed by atoms with Gasteiger partial charge in [0.2, 0.25) is 11.6 Å². The average Bonchev–Trinajstić information content (AvgIpc) is 2.96. The fourth-order valence-corrected chi connectivity index (χ4v) is 4.95. The van der Waals surface area contributed by atoms with E-state index >= 15 is 0 Å². The lowest BCUT2D eigenvalue weighted by Gasteiger charge is -2.30. The van der Waals surface area contributed by atoms with Gasteiger partial charge in [0.25, 0.3) is 5.91 Å². The van der Waals surface area contributed by atoms with Crippen LogP contribution in [0.25, 0.3) is 0 Å². The number of methoxy groups -OCH3 is 2. The van der Waals surface area contributed by atoms with Gasteiger partial charge in [0.1, 0.15) is 6.10 Å². The summed E-state index contributed by atoms with van der Waals surface area (Å²) in [6, 6.07) is 0. The number of primary amides is 1. The maximum atomic E-state index is 13.6. The summed E-state index contributed by atoms with van der Waals surface area (Å²) < 4.78 is 16.4. The minimum Gasteiger partial charge on any atom is -0.439 e. The molecule has 0 aromatic carbocycles. The van der Waals surface area contributed by atoms with E-state index in [1.54, 1.807) is 19.1 Å². The monoisotopic (exact) mass is 601 g/mol. The Bertz CT molecular complexity index is 1230. The van der Waals surface area contributed by atoms with E-state index < -0.39 is 60.5 Å². The quantitative estimate of drug-likeness (QED) is 0.211. The summed E-state index contributed by atoms with van der Waals surface area (Å²) in [6.07, 6.45) is 4.11. The second-order valence-corrected chi connectivity index (χ2v) is 10.6. The molecule has 0 unspecified atom stereocenters. The number of aliphatic hydroxyl groups excluding tert-OH is 2. The number of Topliss-reactive ketones (excluding diaryl/α,β-unsaturated/α-hetero) is 1. The third-order valence-electron chi connectivity index (χ3n) is 7.27. The zero-order chi connectivity index (χ0) is 32.3. The van der Waals surface area contributed by atoms with Crippen molar-refractivity contribution in [3.63, 3.8) is 0 Å². The molecule has 1 heterocycles. The minimum atomic E-state index is -1.15. The first-order chi connectivity index (χ1) is 20.4. The predicted octanol–water partition coefficient (Wildman–Crippen LogP) is 1.51. The number of rotatable bonds is 7. The molecule has 0 radical (unpaired) electrons. The van der Waals surface area contributed by atoms with Crippen LogP contribution < -0.4 is 16.4 Å². The summed E-state index contributed by atoms with van der Waals surface area (Å²) in [6.45, 7) is 8.44. The molecule has 12 heteroatoms. The van der Waals surface area contributed by atoms with Gasteiger partial charge in [-0.15, -0.1) is 6.58 Å². The number of hydrogen-bond donors (Lipinski definition) is 5. The van der Waals surface area contributed by atoms with Gasteiger partial charge in [-0.1, -0.05) is 44.2 Å². The lowest BCUT2D eigenvalue weighted by atomic mass is 9.85. The average molecular weight is 602 g/mol. The smallest absolute Gasteiger partial charge is 0.405 e. The van der Waals surface area contributed by atoms with Crippen molar-refractivity contribution in [1.82, 2.24) is 10.6 Å². The highest BCUT2D eigenvalue weighted by molar-refractivity contribution is 6.23. The van der Waals surface area contributed by atoms with Crippen molar-refractivity contribution in [2.45, 2.75) is 58.0 Å². The third-order valence-corrected chi connectivity index (χ3v) is 7.27. The Morgan fingerprint density at radius 1 is 1.23 bits per heavy atom. The van der Waals surface area contributed by atoms with Crippen molar-refractivity contribution in [3.05, 3.63) is 71.1 Å². The number of aliphatic hydroxyl groups is 2. The molecule has 0 spiro atoms. The van der Waals surface area contributed by atoms with Crippen molar-refractivity contribution in [2.24, 2.45) is 17.6 Å². The fourth-order valence-electron chi connectivity index (χ4n) is 4.95. The summed E-state index contributed by atoms with van der Waals surface area (Å²) >= 11 is 0. The Morgan fingerprint density at radius 3 is 2.51 bits per heavy atom. The maximum Gasteiger partial charge on any atom is 0.405 e. The van der Waals surface area contributed by atoms with Crippen LogP contribution in [0.3, 0.4) is 0 Å². The lowest BCUT2D eigenvalue weighted by Crippen LogP contribution is -2.38. The van der Waals surface area contributed by atoms with Gasteiger partial charge in [0.15, 0.2) is 6.10 Å². The van der Waals surface area contributed by atoms with E-state index in [1.165, 1.54) is 39.4 Å². The molecule has 0 saturated carbocycles. The molecule has 0 aromatic rings. The Balaban J connectivity index is 2.66. The van der Waals surface area contributed by atoms with Crippen LogP contribution in [0.1, 0.15) is 33.6 Å². The Kier molecular flexibility index (Phi) is 13.7. The number of amides is 2. The van der Waals surface area contributed by atoms with Gasteiger partial charge in [-0.25, -0.2) is 4.79 Å². The summed E-state index contributed by atoms with van der Waals surface area (Å²) in [4.78, 5) is 51.3. The number of nitrogens with one attached hydrogen (secondary N) is 2. The molecule has 0 fully saturated rings. The lowest BCUT2D eigenvalue weighted by molar-refractivity contribution is -0.120. The number of carbonyl (C=O) groups is 4. The zero-order valence-corrected chi connectivity index (χ0v) is 25.3. The number of allylic oxidation sites excluding steroid dienone is 4. The Hall–Kier alpha value is -3.84. The molecule has 0 saturated heterocycles. The van der Waals surface area contributed by atoms with Gasteiger partial charge in [-0.05, 0) is 31.3 Å². The largest absolute Gasteiger partial charge is 0.439 e. The first-order valence-electron chi connectivity index (χ1n) is 13.9. The molecule has 1 aliphatic carbocycles. The molecule has 2 aliphatic rings. The minimum absolute atomic E-state index is 0.125. The number of nitrogens with two attached hydrogens (primary N) is 1. The van der Waals surface area contributed by atoms with Crippen molar-refractivity contribution in [2.75, 3.05) is 27.4 Å². The molecule has 43 heavy (non-hydrogen) atoms. The first kappa shape index (κ1) is 35.4. The van der Waals surface area contributed by atoms with Crippen LogP contribution in [-0.2, 0) is 28.6 Å². The van der Waals surface area contributed by atoms with E-state index in [0.29, 0.717) is 6.42 Å². The number of ether oxygens (including phenoxy) is 3. The van der Waals surface area contributed by atoms with Gasteiger partial charge < -0.3 is 40.8 Å². The molecular formula is C31H43N3O9. The van der Waals surface area contributed by atoms with Gasteiger partial charge in [0.05, 0.1) is 30.2 Å². The second-order valence-electron chi connectivity index (χ2n) is 10.6. The van der Waals surface area contributed by atoms with Crippen LogP contribution in [0.4, 0.5) is 4.79 Å². The molecule has 236 valence electrons. The van der Waals surface area contributed by atoms with Gasteiger partial charge in [-0.3, -0.25) is 14.4 Å². The summed E-state index contributed by atoms with van der Waals surface area (Å²) in [5.74, 6) is -2.43. The molecule has 2 rings (SSSR count). The van der Waals surface area contributed by atoms with E-state index in [1.807, 2.05) is 6.92 Å². The van der Waals surface area contributed by atoms with Crippen LogP contribution in [0.15, 0.2) is 71.1 Å². The van der Waals surface area contributed by atoms with E-state index in [9.17, 15) is 29.4 Å². The van der Waals surface area contributed by atoms with Gasteiger partial charge >= 0.3 is 6.09 Å². The second kappa shape index (κ2) is 16.7. The highest BCUT2D eigenvalue weighted by Gasteiger charge is 2.33. The van der Waals surface area contributed by atoms with E-state index in [0.717, 1.165) is 6.08 Å². The summed E-state index contributed by atoms with van der Waals surface area (Å²) in [5.41, 5.74) is 5.91. The van der Waals surface area contributed by atoms with Crippen LogP contribution in [0.2, 0.25) is 0 Å². The molecular weight excluding hydrogens is 558 g/mol. The molecule has 1 aliphatic heterocycles. The van der Waals surface area contributed by atoms with Gasteiger partial charge in [-0.2, -0.15) is 0 Å². The molecule has 6 N–H and O–H groups in total. The SMILES string of the molecule is C=CCNC1=C2C[C@@H](C)C[C@H](OC)[C@H](O)[C@@H](C)/C=C(\CO)[C@H](OC(N)=O)[C@@H](OC)/C=C\C=C(/C)C(=O)NC(=CC1=O)C2=O. The first-order valence-corrected chi connectivity index (χ1v) is 13.9. The van der Waals surface area contributed by atoms with Crippen LogP contribution in [-0.4, -0.2) is 85.6 Å². The molecule has 0 aromatic heterocycles. The van der Waals surface area contributed by atoms with Crippen molar-refractivity contribution >= 4 is 23.6 Å². The molecule has 6 atom stereocenters. The topological polar surface area (TPSA) is 187 Å². The third kappa shape index (κ3) is 9.58. The molecule has 2 bridgehead atoms. The van der Waals surface area contributed by atoms with Crippen LogP contribution in [0, 0.1) is 11.8 Å². The molecule has 2 amide bonds. The highest BCUT2D eigenvalue weighted by atomic mass is 16.6. The van der Waals surface area contributed by atoms with E-state index in [-0.39, 0.29) is 47.0 Å². The maximum absolute atomic E-state index is 13.6. The standard InChI is InChI=1S/C31H43N3O9/c1-7-11-33-26-21-12-17(2)13-25(42-6)27(37)19(4)14-20(16-35)29(43-31(32)40)24(41-5)10-8-9-18(3)30(39)34-22(28(21)38)15-23(26)36/h7-10,14-15,17,19,24-25,27,29,33,35,37H,1,11-13,16H2,2-6H3,(H2,32,40)(H,34,39)/b10-8-,18-9+,20-14+/t17-,19+,24+,25+,27-,29+/m1/s1.